The third kappa shape index (κ3) is 2.61. The molecule has 0 spiro atoms. The monoisotopic (exact) mass is 354 g/mol. The molecular formula is C19H22N4OS. The minimum atomic E-state index is -0.481. The van der Waals surface area contributed by atoms with Crippen molar-refractivity contribution in [1.82, 2.24) is 9.55 Å². The molecule has 0 aromatic carbocycles. The van der Waals surface area contributed by atoms with Crippen molar-refractivity contribution in [3.8, 4) is 11.3 Å². The summed E-state index contributed by atoms with van der Waals surface area (Å²) in [5.41, 5.74) is 17.1. The summed E-state index contributed by atoms with van der Waals surface area (Å²) < 4.78 is 2.11. The number of carbonyl (C=O) groups excluding carboxylic acids is 1. The smallest absolute Gasteiger partial charge is 0.260 e. The lowest BCUT2D eigenvalue weighted by Gasteiger charge is -2.19. The van der Waals surface area contributed by atoms with Crippen molar-refractivity contribution in [2.75, 3.05) is 5.73 Å². The van der Waals surface area contributed by atoms with E-state index in [0.717, 1.165) is 52.9 Å². The van der Waals surface area contributed by atoms with Crippen LogP contribution in [0.5, 0.6) is 0 Å². The number of nitrogen functional groups attached to an aromatic ring is 1. The first kappa shape index (κ1) is 16.1. The number of fused-ring (bicyclic) bond motifs is 2. The summed E-state index contributed by atoms with van der Waals surface area (Å²) in [5, 5.41) is 0.889. The molecule has 5 nitrogen and oxygen atoms in total. The van der Waals surface area contributed by atoms with Crippen LogP contribution in [-0.2, 0) is 19.9 Å². The zero-order valence-electron chi connectivity index (χ0n) is 14.3. The van der Waals surface area contributed by atoms with Gasteiger partial charge in [0.05, 0.1) is 5.69 Å². The zero-order valence-corrected chi connectivity index (χ0v) is 15.2. The molecule has 1 amide bonds. The van der Waals surface area contributed by atoms with Crippen LogP contribution >= 0.6 is 11.3 Å². The van der Waals surface area contributed by atoms with Crippen LogP contribution in [0.1, 0.15) is 46.6 Å². The van der Waals surface area contributed by atoms with Crippen LogP contribution in [0.15, 0.2) is 18.3 Å². The second-order valence-electron chi connectivity index (χ2n) is 6.72. The van der Waals surface area contributed by atoms with Crippen LogP contribution in [0.4, 0.5) is 5.69 Å². The molecule has 3 aromatic rings. The van der Waals surface area contributed by atoms with E-state index in [1.54, 1.807) is 0 Å². The van der Waals surface area contributed by atoms with Gasteiger partial charge in [-0.15, -0.1) is 11.3 Å². The van der Waals surface area contributed by atoms with Crippen molar-refractivity contribution in [3.05, 3.63) is 34.5 Å². The Labute approximate surface area is 150 Å². The van der Waals surface area contributed by atoms with Gasteiger partial charge in [0, 0.05) is 35.6 Å². The van der Waals surface area contributed by atoms with Gasteiger partial charge in [-0.3, -0.25) is 4.79 Å². The van der Waals surface area contributed by atoms with E-state index in [4.69, 9.17) is 16.5 Å². The molecule has 0 saturated carbocycles. The fraction of sp³-hybridized carbons (Fsp3) is 0.368. The first-order chi connectivity index (χ1) is 12.1. The number of primary amides is 1. The van der Waals surface area contributed by atoms with Crippen LogP contribution < -0.4 is 11.5 Å². The van der Waals surface area contributed by atoms with Crippen molar-refractivity contribution in [3.63, 3.8) is 0 Å². The highest BCUT2D eigenvalue weighted by Gasteiger charge is 2.25. The fourth-order valence-electron chi connectivity index (χ4n) is 3.85. The average molecular weight is 354 g/mol. The van der Waals surface area contributed by atoms with Crippen LogP contribution in [0.25, 0.3) is 21.5 Å². The molecule has 130 valence electrons. The Morgan fingerprint density at radius 3 is 2.68 bits per heavy atom. The topological polar surface area (TPSA) is 86.9 Å². The molecule has 0 aliphatic heterocycles. The maximum Gasteiger partial charge on any atom is 0.260 e. The molecule has 0 fully saturated rings. The molecule has 4 N–H and O–H groups in total. The number of nitrogens with two attached hydrogens (primary N) is 2. The van der Waals surface area contributed by atoms with E-state index >= 15 is 0 Å². The minimum absolute atomic E-state index is 0.413. The van der Waals surface area contributed by atoms with Gasteiger partial charge in [0.1, 0.15) is 9.71 Å². The molecule has 0 atom stereocenters. The Morgan fingerprint density at radius 2 is 2.00 bits per heavy atom. The van der Waals surface area contributed by atoms with E-state index in [-0.39, 0.29) is 0 Å². The number of hydrogen-bond acceptors (Lipinski definition) is 4. The summed E-state index contributed by atoms with van der Waals surface area (Å²) in [6.07, 6.45) is 8.82. The molecule has 3 heterocycles. The first-order valence-corrected chi connectivity index (χ1v) is 9.54. The second kappa shape index (κ2) is 6.19. The molecule has 0 saturated heterocycles. The predicted octanol–water partition coefficient (Wildman–Crippen LogP) is 3.64. The van der Waals surface area contributed by atoms with Crippen LogP contribution in [0.3, 0.4) is 0 Å². The third-order valence-electron chi connectivity index (χ3n) is 5.08. The maximum absolute atomic E-state index is 11.8. The SMILES string of the molecule is Cn1cccc1-c1c2c(nc3sc(C(N)=O)c(N)c13)CCCCCC2. The van der Waals surface area contributed by atoms with Gasteiger partial charge in [-0.1, -0.05) is 12.8 Å². The van der Waals surface area contributed by atoms with E-state index in [0.29, 0.717) is 10.6 Å². The quantitative estimate of drug-likeness (QED) is 0.736. The molecule has 3 aromatic heterocycles. The lowest BCUT2D eigenvalue weighted by molar-refractivity contribution is 0.100. The molecular weight excluding hydrogens is 332 g/mol. The van der Waals surface area contributed by atoms with Gasteiger partial charge in [0.15, 0.2) is 0 Å². The van der Waals surface area contributed by atoms with Gasteiger partial charge in [0.25, 0.3) is 5.91 Å². The average Bonchev–Trinajstić information content (AvgIpc) is 3.11. The maximum atomic E-state index is 11.8. The van der Waals surface area contributed by atoms with Gasteiger partial charge < -0.3 is 16.0 Å². The van der Waals surface area contributed by atoms with Crippen LogP contribution in [0, 0.1) is 0 Å². The Kier molecular flexibility index (Phi) is 4.00. The molecule has 6 heteroatoms. The molecule has 1 aliphatic rings. The number of anilines is 1. The largest absolute Gasteiger partial charge is 0.397 e. The van der Waals surface area contributed by atoms with E-state index in [2.05, 4.69) is 10.6 Å². The van der Waals surface area contributed by atoms with Gasteiger partial charge >= 0.3 is 0 Å². The predicted molar refractivity (Wildman–Crippen MR) is 103 cm³/mol. The van der Waals surface area contributed by atoms with Gasteiger partial charge in [-0.05, 0) is 43.4 Å². The van der Waals surface area contributed by atoms with E-state index in [9.17, 15) is 4.79 Å². The second-order valence-corrected chi connectivity index (χ2v) is 7.72. The molecule has 4 rings (SSSR count). The van der Waals surface area contributed by atoms with Crippen molar-refractivity contribution >= 4 is 33.1 Å². The van der Waals surface area contributed by atoms with Crippen molar-refractivity contribution < 1.29 is 4.79 Å². The van der Waals surface area contributed by atoms with Crippen molar-refractivity contribution in [1.29, 1.82) is 0 Å². The van der Waals surface area contributed by atoms with Crippen molar-refractivity contribution in [2.45, 2.75) is 38.5 Å². The number of amides is 1. The Bertz CT molecular complexity index is 970. The van der Waals surface area contributed by atoms with E-state index in [1.165, 1.54) is 29.7 Å². The number of pyridine rings is 1. The summed E-state index contributed by atoms with van der Waals surface area (Å²) in [4.78, 5) is 17.9. The molecule has 1 aliphatic carbocycles. The summed E-state index contributed by atoms with van der Waals surface area (Å²) in [6, 6.07) is 4.14. The normalized spacial score (nSPS) is 14.9. The fourth-order valence-corrected chi connectivity index (χ4v) is 4.82. The zero-order chi connectivity index (χ0) is 17.6. The molecule has 25 heavy (non-hydrogen) atoms. The van der Waals surface area contributed by atoms with Gasteiger partial charge in [-0.2, -0.15) is 0 Å². The number of aromatic nitrogens is 2. The lowest BCUT2D eigenvalue weighted by Crippen LogP contribution is -2.11. The number of hydrogen-bond donors (Lipinski definition) is 2. The minimum Gasteiger partial charge on any atom is -0.397 e. The molecule has 0 radical (unpaired) electrons. The Balaban J connectivity index is 2.11. The standard InChI is InChI=1S/C19H22N4OS/c1-23-10-6-9-13(23)14-11-7-4-2-3-5-8-12(11)22-19-15(14)16(20)17(25-19)18(21)24/h6,9-10H,2-5,7-8,20H2,1H3,(H2,21,24). The van der Waals surface area contributed by atoms with Gasteiger partial charge in [0.2, 0.25) is 0 Å². The summed E-state index contributed by atoms with van der Waals surface area (Å²) in [5.74, 6) is -0.481. The molecule has 0 bridgehead atoms. The van der Waals surface area contributed by atoms with Crippen LogP contribution in [-0.4, -0.2) is 15.5 Å². The van der Waals surface area contributed by atoms with Crippen LogP contribution in [0.2, 0.25) is 0 Å². The number of nitrogens with zero attached hydrogens (tertiary/aromatic N) is 2. The highest BCUT2D eigenvalue weighted by Crippen LogP contribution is 2.43. The molecule has 0 unspecified atom stereocenters. The van der Waals surface area contributed by atoms with Gasteiger partial charge in [-0.25, -0.2) is 4.98 Å². The van der Waals surface area contributed by atoms with E-state index < -0.39 is 5.91 Å². The number of carbonyl (C=O) groups is 1. The number of thiophene rings is 1. The number of rotatable bonds is 2. The first-order valence-electron chi connectivity index (χ1n) is 8.73. The third-order valence-corrected chi connectivity index (χ3v) is 6.19. The highest BCUT2D eigenvalue weighted by atomic mass is 32.1. The summed E-state index contributed by atoms with van der Waals surface area (Å²) in [7, 11) is 2.04. The summed E-state index contributed by atoms with van der Waals surface area (Å²) >= 11 is 1.31. The number of aryl methyl sites for hydroxylation is 2. The summed E-state index contributed by atoms with van der Waals surface area (Å²) in [6.45, 7) is 0. The highest BCUT2D eigenvalue weighted by molar-refractivity contribution is 7.21. The van der Waals surface area contributed by atoms with E-state index in [1.807, 2.05) is 19.3 Å². The Hall–Kier alpha value is -2.34. The van der Waals surface area contributed by atoms with Crippen molar-refractivity contribution in [2.24, 2.45) is 12.8 Å². The Morgan fingerprint density at radius 1 is 1.24 bits per heavy atom. The lowest BCUT2D eigenvalue weighted by atomic mass is 9.90.